The second-order valence-corrected chi connectivity index (χ2v) is 6.67. The first-order valence-electron chi connectivity index (χ1n) is 8.47. The first-order valence-corrected chi connectivity index (χ1v) is 9.42. The molecule has 0 radical (unpaired) electrons. The zero-order valence-electron chi connectivity index (χ0n) is 15.4. The van der Waals surface area contributed by atoms with Gasteiger partial charge in [-0.15, -0.1) is 24.0 Å². The molecule has 142 valence electrons. The third-order valence-electron chi connectivity index (χ3n) is 3.93. The van der Waals surface area contributed by atoms with Crippen molar-refractivity contribution < 1.29 is 4.79 Å². The maximum atomic E-state index is 12.1. The Labute approximate surface area is 176 Å². The summed E-state index contributed by atoms with van der Waals surface area (Å²) < 4.78 is 0. The van der Waals surface area contributed by atoms with E-state index in [-0.39, 0.29) is 35.9 Å². The Balaban J connectivity index is 0.00000338. The Kier molecular flexibility index (Phi) is 10.3. The molecule has 1 aromatic heterocycles. The highest BCUT2D eigenvalue weighted by molar-refractivity contribution is 14.0. The lowest BCUT2D eigenvalue weighted by molar-refractivity contribution is 0.0939. The van der Waals surface area contributed by atoms with Gasteiger partial charge in [-0.2, -0.15) is 11.3 Å². The van der Waals surface area contributed by atoms with Gasteiger partial charge in [-0.1, -0.05) is 19.1 Å². The van der Waals surface area contributed by atoms with Crippen LogP contribution in [0.4, 0.5) is 0 Å². The van der Waals surface area contributed by atoms with Gasteiger partial charge in [0.1, 0.15) is 0 Å². The highest BCUT2D eigenvalue weighted by Crippen LogP contribution is 2.06. The average Bonchev–Trinajstić information content (AvgIpc) is 3.15. The summed E-state index contributed by atoms with van der Waals surface area (Å²) in [7, 11) is 1.76. The van der Waals surface area contributed by atoms with E-state index in [9.17, 15) is 4.79 Å². The number of guanidine groups is 1. The number of aliphatic imine (C=N–C) groups is 1. The van der Waals surface area contributed by atoms with Gasteiger partial charge in [0.15, 0.2) is 5.96 Å². The minimum absolute atomic E-state index is 0. The average molecular weight is 486 g/mol. The standard InChI is InChI=1S/C19H26N4OS.HI/c1-4-14(2)23-18(24)17-7-5-15(6-8-17)11-21-19(20-3)22-12-16-9-10-25-13-16;/h5-10,13-14H,4,11-12H2,1-3H3,(H,23,24)(H2,20,21,22);1H. The molecule has 3 N–H and O–H groups in total. The predicted molar refractivity (Wildman–Crippen MR) is 120 cm³/mol. The minimum Gasteiger partial charge on any atom is -0.352 e. The molecule has 0 aliphatic carbocycles. The van der Waals surface area contributed by atoms with Crippen molar-refractivity contribution in [3.05, 3.63) is 57.8 Å². The number of nitrogens with one attached hydrogen (secondary N) is 3. The highest BCUT2D eigenvalue weighted by atomic mass is 127. The molecular formula is C19H27IN4OS. The number of benzene rings is 1. The molecular weight excluding hydrogens is 459 g/mol. The van der Waals surface area contributed by atoms with Crippen molar-refractivity contribution in [3.8, 4) is 0 Å². The van der Waals surface area contributed by atoms with Gasteiger partial charge in [0, 0.05) is 31.7 Å². The second kappa shape index (κ2) is 11.9. The number of thiophene rings is 1. The number of carbonyl (C=O) groups excluding carboxylic acids is 1. The van der Waals surface area contributed by atoms with E-state index in [2.05, 4.69) is 44.7 Å². The van der Waals surface area contributed by atoms with Gasteiger partial charge >= 0.3 is 0 Å². The molecule has 2 rings (SSSR count). The number of halogens is 1. The molecule has 1 heterocycles. The molecule has 0 aliphatic heterocycles. The van der Waals surface area contributed by atoms with Crippen LogP contribution in [0.3, 0.4) is 0 Å². The zero-order chi connectivity index (χ0) is 18.1. The van der Waals surface area contributed by atoms with Crippen LogP contribution in [0.2, 0.25) is 0 Å². The number of nitrogens with zero attached hydrogens (tertiary/aromatic N) is 1. The van der Waals surface area contributed by atoms with Crippen LogP contribution in [0.1, 0.15) is 41.8 Å². The number of rotatable bonds is 7. The van der Waals surface area contributed by atoms with Gasteiger partial charge in [0.25, 0.3) is 5.91 Å². The summed E-state index contributed by atoms with van der Waals surface area (Å²) in [6.07, 6.45) is 0.922. The van der Waals surface area contributed by atoms with Crippen molar-refractivity contribution in [3.63, 3.8) is 0 Å². The van der Waals surface area contributed by atoms with Gasteiger partial charge in [0.2, 0.25) is 0 Å². The minimum atomic E-state index is -0.0258. The number of amides is 1. The van der Waals surface area contributed by atoms with Crippen LogP contribution < -0.4 is 16.0 Å². The fraction of sp³-hybridized carbons (Fsp3) is 0.368. The van der Waals surface area contributed by atoms with E-state index in [0.717, 1.165) is 24.5 Å². The van der Waals surface area contributed by atoms with Crippen molar-refractivity contribution in [2.24, 2.45) is 4.99 Å². The molecule has 1 aromatic carbocycles. The van der Waals surface area contributed by atoms with Gasteiger partial charge in [0.05, 0.1) is 0 Å². The normalized spacial score (nSPS) is 12.0. The molecule has 0 saturated heterocycles. The molecule has 0 saturated carbocycles. The fourth-order valence-corrected chi connectivity index (χ4v) is 2.84. The zero-order valence-corrected chi connectivity index (χ0v) is 18.6. The molecule has 0 spiro atoms. The number of hydrogen-bond acceptors (Lipinski definition) is 3. The summed E-state index contributed by atoms with van der Waals surface area (Å²) in [4.78, 5) is 16.3. The first-order chi connectivity index (χ1) is 12.1. The molecule has 7 heteroatoms. The molecule has 0 aliphatic rings. The Morgan fingerprint density at radius 1 is 1.12 bits per heavy atom. The van der Waals surface area contributed by atoms with Crippen molar-refractivity contribution in [1.29, 1.82) is 0 Å². The van der Waals surface area contributed by atoms with Crippen LogP contribution >= 0.6 is 35.3 Å². The van der Waals surface area contributed by atoms with Crippen molar-refractivity contribution >= 4 is 47.2 Å². The summed E-state index contributed by atoms with van der Waals surface area (Å²) in [6, 6.07) is 9.92. The van der Waals surface area contributed by atoms with E-state index in [1.54, 1.807) is 18.4 Å². The van der Waals surface area contributed by atoms with Gasteiger partial charge in [-0.3, -0.25) is 9.79 Å². The summed E-state index contributed by atoms with van der Waals surface area (Å²) >= 11 is 1.68. The molecule has 1 amide bonds. The molecule has 1 unspecified atom stereocenters. The topological polar surface area (TPSA) is 65.5 Å². The second-order valence-electron chi connectivity index (χ2n) is 5.89. The summed E-state index contributed by atoms with van der Waals surface area (Å²) in [6.45, 7) is 5.46. The molecule has 26 heavy (non-hydrogen) atoms. The van der Waals surface area contributed by atoms with Crippen LogP contribution in [0.25, 0.3) is 0 Å². The van der Waals surface area contributed by atoms with Crippen LogP contribution in [-0.2, 0) is 13.1 Å². The molecule has 5 nitrogen and oxygen atoms in total. The predicted octanol–water partition coefficient (Wildman–Crippen LogP) is 3.76. The quantitative estimate of drug-likeness (QED) is 0.317. The van der Waals surface area contributed by atoms with E-state index in [4.69, 9.17) is 0 Å². The van der Waals surface area contributed by atoms with Crippen LogP contribution in [0, 0.1) is 0 Å². The van der Waals surface area contributed by atoms with E-state index in [1.165, 1.54) is 5.56 Å². The van der Waals surface area contributed by atoms with Crippen LogP contribution in [0.5, 0.6) is 0 Å². The number of hydrogen-bond donors (Lipinski definition) is 3. The van der Waals surface area contributed by atoms with Crippen LogP contribution in [0.15, 0.2) is 46.1 Å². The third kappa shape index (κ3) is 7.33. The highest BCUT2D eigenvalue weighted by Gasteiger charge is 2.08. The van der Waals surface area contributed by atoms with Crippen molar-refractivity contribution in [2.75, 3.05) is 7.05 Å². The smallest absolute Gasteiger partial charge is 0.251 e. The van der Waals surface area contributed by atoms with Crippen molar-refractivity contribution in [1.82, 2.24) is 16.0 Å². The Hall–Kier alpha value is -1.61. The lowest BCUT2D eigenvalue weighted by Gasteiger charge is -2.13. The summed E-state index contributed by atoms with van der Waals surface area (Å²) in [5, 5.41) is 13.7. The monoisotopic (exact) mass is 486 g/mol. The lowest BCUT2D eigenvalue weighted by atomic mass is 10.1. The van der Waals surface area contributed by atoms with Gasteiger partial charge < -0.3 is 16.0 Å². The Morgan fingerprint density at radius 2 is 1.77 bits per heavy atom. The van der Waals surface area contributed by atoms with E-state index < -0.39 is 0 Å². The SMILES string of the molecule is CCC(C)NC(=O)c1ccc(CNC(=NC)NCc2ccsc2)cc1.I. The Bertz CT molecular complexity index is 686. The molecule has 0 bridgehead atoms. The van der Waals surface area contributed by atoms with E-state index in [1.807, 2.05) is 31.2 Å². The molecule has 1 atom stereocenters. The number of carbonyl (C=O) groups is 1. The Morgan fingerprint density at radius 3 is 2.31 bits per heavy atom. The third-order valence-corrected chi connectivity index (χ3v) is 4.66. The van der Waals surface area contributed by atoms with E-state index in [0.29, 0.717) is 12.1 Å². The van der Waals surface area contributed by atoms with Gasteiger partial charge in [-0.25, -0.2) is 0 Å². The maximum Gasteiger partial charge on any atom is 0.251 e. The largest absolute Gasteiger partial charge is 0.352 e. The summed E-state index contributed by atoms with van der Waals surface area (Å²) in [5.74, 6) is 0.729. The summed E-state index contributed by atoms with van der Waals surface area (Å²) in [5.41, 5.74) is 3.02. The maximum absolute atomic E-state index is 12.1. The lowest BCUT2D eigenvalue weighted by Crippen LogP contribution is -2.36. The van der Waals surface area contributed by atoms with E-state index >= 15 is 0 Å². The van der Waals surface area contributed by atoms with Crippen molar-refractivity contribution in [2.45, 2.75) is 39.4 Å². The van der Waals surface area contributed by atoms with Gasteiger partial charge in [-0.05, 0) is 53.4 Å². The molecule has 2 aromatic rings. The molecule has 0 fully saturated rings. The fourth-order valence-electron chi connectivity index (χ4n) is 2.17. The van der Waals surface area contributed by atoms with Crippen LogP contribution in [-0.4, -0.2) is 25.0 Å². The first kappa shape index (κ1) is 22.4.